The average molecular weight is 202 g/mol. The van der Waals surface area contributed by atoms with Gasteiger partial charge in [-0.25, -0.2) is 4.79 Å². The van der Waals surface area contributed by atoms with E-state index >= 15 is 0 Å². The smallest absolute Gasteiger partial charge is 0.338 e. The van der Waals surface area contributed by atoms with Crippen molar-refractivity contribution in [2.45, 2.75) is 13.8 Å². The topological polar surface area (TPSA) is 26.3 Å². The van der Waals surface area contributed by atoms with Crippen LogP contribution >= 0.6 is 0 Å². The van der Waals surface area contributed by atoms with E-state index in [-0.39, 0.29) is 0 Å². The molecular weight excluding hydrogens is 188 g/mol. The van der Waals surface area contributed by atoms with E-state index in [0.717, 1.165) is 11.1 Å². The van der Waals surface area contributed by atoms with E-state index < -0.39 is 5.97 Å². The van der Waals surface area contributed by atoms with Crippen LogP contribution in [0.4, 0.5) is 0 Å². The first-order chi connectivity index (χ1) is 7.06. The highest BCUT2D eigenvalue weighted by Gasteiger charge is 2.09. The molecule has 0 aliphatic heterocycles. The summed E-state index contributed by atoms with van der Waals surface area (Å²) >= 11 is 0. The van der Waals surface area contributed by atoms with Crippen molar-refractivity contribution in [1.82, 2.24) is 0 Å². The Kier molecular flexibility index (Phi) is 3.45. The van der Waals surface area contributed by atoms with Gasteiger partial charge in [-0.2, -0.15) is 0 Å². The normalized spacial score (nSPS) is 9.47. The van der Waals surface area contributed by atoms with Gasteiger partial charge in [0.25, 0.3) is 0 Å². The van der Waals surface area contributed by atoms with Crippen LogP contribution in [0.5, 0.6) is 5.75 Å². The molecule has 0 bridgehead atoms. The number of rotatable bonds is 3. The summed E-state index contributed by atoms with van der Waals surface area (Å²) in [5.74, 6) is 0.113. The molecule has 0 N–H and O–H groups in total. The first-order valence-electron chi connectivity index (χ1n) is 4.66. The number of ether oxygens (including phenoxy) is 1. The van der Waals surface area contributed by atoms with Gasteiger partial charge in [0, 0.05) is 11.1 Å². The molecule has 0 heterocycles. The summed E-state index contributed by atoms with van der Waals surface area (Å²) in [5, 5.41) is 0. The molecule has 1 rings (SSSR count). The minimum atomic E-state index is -0.413. The second-order valence-electron chi connectivity index (χ2n) is 3.36. The van der Waals surface area contributed by atoms with Crippen LogP contribution in [0.2, 0.25) is 0 Å². The fraction of sp³-hybridized carbons (Fsp3) is 0.154. The average Bonchev–Trinajstić information content (AvgIpc) is 2.18. The Morgan fingerprint density at radius 2 is 2.13 bits per heavy atom. The lowest BCUT2D eigenvalue weighted by Gasteiger charge is -2.09. The van der Waals surface area contributed by atoms with Crippen molar-refractivity contribution in [2.75, 3.05) is 0 Å². The van der Waals surface area contributed by atoms with Crippen molar-refractivity contribution in [1.29, 1.82) is 0 Å². The van der Waals surface area contributed by atoms with E-state index in [4.69, 9.17) is 4.74 Å². The zero-order valence-corrected chi connectivity index (χ0v) is 9.04. The molecule has 0 aromatic heterocycles. The van der Waals surface area contributed by atoms with Crippen LogP contribution in [0.3, 0.4) is 0 Å². The van der Waals surface area contributed by atoms with Crippen molar-refractivity contribution >= 4 is 12.0 Å². The van der Waals surface area contributed by atoms with Crippen molar-refractivity contribution in [2.24, 2.45) is 0 Å². The maximum Gasteiger partial charge on any atom is 0.338 e. The van der Waals surface area contributed by atoms with E-state index in [1.165, 1.54) is 0 Å². The third kappa shape index (κ3) is 2.56. The summed E-state index contributed by atoms with van der Waals surface area (Å²) in [6, 6.07) is 5.52. The van der Waals surface area contributed by atoms with Gasteiger partial charge in [0.05, 0.1) is 0 Å². The maximum atomic E-state index is 11.3. The predicted molar refractivity (Wildman–Crippen MR) is 61.7 cm³/mol. The number of benzene rings is 1. The number of hydrogen-bond donors (Lipinski definition) is 0. The molecule has 0 aliphatic rings. The van der Waals surface area contributed by atoms with Gasteiger partial charge in [-0.05, 0) is 25.5 Å². The fourth-order valence-electron chi connectivity index (χ4n) is 1.19. The SMILES string of the molecule is C=Cc1c(C)cccc1OC(=O)C(=C)C. The maximum absolute atomic E-state index is 11.3. The largest absolute Gasteiger partial charge is 0.423 e. The monoisotopic (exact) mass is 202 g/mol. The Balaban J connectivity index is 3.04. The van der Waals surface area contributed by atoms with E-state index in [0.29, 0.717) is 11.3 Å². The number of carbonyl (C=O) groups is 1. The van der Waals surface area contributed by atoms with Crippen LogP contribution in [0, 0.1) is 6.92 Å². The van der Waals surface area contributed by atoms with Crippen molar-refractivity contribution in [3.63, 3.8) is 0 Å². The standard InChI is InChI=1S/C13H14O2/c1-5-11-10(4)7-6-8-12(11)15-13(14)9(2)3/h5-8H,1-2H2,3-4H3. The molecule has 1 aromatic rings. The lowest BCUT2D eigenvalue weighted by Crippen LogP contribution is -2.09. The van der Waals surface area contributed by atoms with Gasteiger partial charge >= 0.3 is 5.97 Å². The van der Waals surface area contributed by atoms with Crippen LogP contribution in [-0.4, -0.2) is 5.97 Å². The van der Waals surface area contributed by atoms with Crippen molar-refractivity contribution in [3.05, 3.63) is 48.1 Å². The third-order valence-corrected chi connectivity index (χ3v) is 2.04. The summed E-state index contributed by atoms with van der Waals surface area (Å²) in [7, 11) is 0. The van der Waals surface area contributed by atoms with E-state index in [2.05, 4.69) is 13.2 Å². The van der Waals surface area contributed by atoms with Gasteiger partial charge < -0.3 is 4.74 Å². The fourth-order valence-corrected chi connectivity index (χ4v) is 1.19. The Bertz CT molecular complexity index is 417. The van der Waals surface area contributed by atoms with Crippen LogP contribution in [0.25, 0.3) is 6.08 Å². The van der Waals surface area contributed by atoms with Crippen LogP contribution in [-0.2, 0) is 4.79 Å². The van der Waals surface area contributed by atoms with Crippen LogP contribution < -0.4 is 4.74 Å². The quantitative estimate of drug-likeness (QED) is 0.427. The number of carbonyl (C=O) groups excluding carboxylic acids is 1. The number of hydrogen-bond acceptors (Lipinski definition) is 2. The minimum absolute atomic E-state index is 0.381. The predicted octanol–water partition coefficient (Wildman–Crippen LogP) is 3.12. The van der Waals surface area contributed by atoms with E-state index in [1.807, 2.05) is 19.1 Å². The highest BCUT2D eigenvalue weighted by atomic mass is 16.5. The van der Waals surface area contributed by atoms with Gasteiger partial charge in [-0.3, -0.25) is 0 Å². The second kappa shape index (κ2) is 4.60. The van der Waals surface area contributed by atoms with Gasteiger partial charge in [0.2, 0.25) is 0 Å². The number of esters is 1. The molecule has 0 saturated heterocycles. The minimum Gasteiger partial charge on any atom is -0.423 e. The summed E-state index contributed by atoms with van der Waals surface area (Å²) in [6.45, 7) is 10.8. The van der Waals surface area contributed by atoms with Gasteiger partial charge in [0.1, 0.15) is 5.75 Å². The molecule has 0 unspecified atom stereocenters. The molecule has 78 valence electrons. The lowest BCUT2D eigenvalue weighted by atomic mass is 10.1. The molecule has 2 nitrogen and oxygen atoms in total. The van der Waals surface area contributed by atoms with E-state index in [9.17, 15) is 4.79 Å². The zero-order chi connectivity index (χ0) is 11.4. The molecule has 0 amide bonds. The molecule has 0 spiro atoms. The highest BCUT2D eigenvalue weighted by Crippen LogP contribution is 2.23. The second-order valence-corrected chi connectivity index (χ2v) is 3.36. The van der Waals surface area contributed by atoms with Crippen molar-refractivity contribution in [3.8, 4) is 5.75 Å². The summed E-state index contributed by atoms with van der Waals surface area (Å²) in [6.07, 6.45) is 1.68. The van der Waals surface area contributed by atoms with Gasteiger partial charge in [-0.1, -0.05) is 31.4 Å². The summed E-state index contributed by atoms with van der Waals surface area (Å²) in [4.78, 5) is 11.3. The van der Waals surface area contributed by atoms with Gasteiger partial charge in [-0.15, -0.1) is 0 Å². The Labute approximate surface area is 89.9 Å². The molecular formula is C13H14O2. The molecule has 2 heteroatoms. The first-order valence-corrected chi connectivity index (χ1v) is 4.66. The highest BCUT2D eigenvalue weighted by molar-refractivity contribution is 5.89. The molecule has 0 aliphatic carbocycles. The van der Waals surface area contributed by atoms with Crippen LogP contribution in [0.15, 0.2) is 36.9 Å². The molecule has 1 aromatic carbocycles. The Morgan fingerprint density at radius 1 is 1.47 bits per heavy atom. The molecule has 0 atom stereocenters. The van der Waals surface area contributed by atoms with Gasteiger partial charge in [0.15, 0.2) is 0 Å². The molecule has 0 fully saturated rings. The molecule has 0 radical (unpaired) electrons. The Morgan fingerprint density at radius 3 is 2.67 bits per heavy atom. The van der Waals surface area contributed by atoms with Crippen LogP contribution in [0.1, 0.15) is 18.1 Å². The zero-order valence-electron chi connectivity index (χ0n) is 9.04. The Hall–Kier alpha value is -1.83. The number of aryl methyl sites for hydroxylation is 1. The third-order valence-electron chi connectivity index (χ3n) is 2.04. The van der Waals surface area contributed by atoms with E-state index in [1.54, 1.807) is 19.1 Å². The molecule has 0 saturated carbocycles. The van der Waals surface area contributed by atoms with Crippen molar-refractivity contribution < 1.29 is 9.53 Å². The summed E-state index contributed by atoms with van der Waals surface area (Å²) < 4.78 is 5.17. The summed E-state index contributed by atoms with van der Waals surface area (Å²) in [5.41, 5.74) is 2.25. The molecule has 15 heavy (non-hydrogen) atoms. The lowest BCUT2D eigenvalue weighted by molar-refractivity contribution is -0.130. The first kappa shape index (κ1) is 11.2.